The van der Waals surface area contributed by atoms with Crippen LogP contribution in [0.2, 0.25) is 0 Å². The van der Waals surface area contributed by atoms with Gasteiger partial charge in [0.2, 0.25) is 11.4 Å². The van der Waals surface area contributed by atoms with Crippen LogP contribution in [0.4, 0.5) is 5.82 Å². The average Bonchev–Trinajstić information content (AvgIpc) is 2.44. The normalized spacial score (nSPS) is 10.3. The standard InChI is InChI=1S/C13H13N3O4/c1-9-4-3-5-10(14-9)11-6-7-12(20-8-19-2)13(15-11)16(17)18/h3-7H,8H2,1-2H3. The van der Waals surface area contributed by atoms with E-state index in [-0.39, 0.29) is 18.4 Å². The molecule has 2 heterocycles. The van der Waals surface area contributed by atoms with E-state index >= 15 is 0 Å². The van der Waals surface area contributed by atoms with Crippen LogP contribution < -0.4 is 4.74 Å². The summed E-state index contributed by atoms with van der Waals surface area (Å²) in [6, 6.07) is 8.52. The van der Waals surface area contributed by atoms with Gasteiger partial charge in [-0.25, -0.2) is 4.98 Å². The van der Waals surface area contributed by atoms with Crippen LogP contribution in [-0.2, 0) is 4.74 Å². The molecule has 0 aliphatic carbocycles. The number of aromatic nitrogens is 2. The molecule has 2 rings (SSSR count). The molecular weight excluding hydrogens is 262 g/mol. The molecule has 104 valence electrons. The zero-order valence-electron chi connectivity index (χ0n) is 11.1. The second-order valence-corrected chi connectivity index (χ2v) is 3.99. The molecule has 0 atom stereocenters. The summed E-state index contributed by atoms with van der Waals surface area (Å²) in [5, 5.41) is 11.0. The van der Waals surface area contributed by atoms with E-state index in [1.54, 1.807) is 12.1 Å². The van der Waals surface area contributed by atoms with Gasteiger partial charge in [0.1, 0.15) is 5.69 Å². The molecule has 7 nitrogen and oxygen atoms in total. The number of pyridine rings is 2. The highest BCUT2D eigenvalue weighted by atomic mass is 16.7. The van der Waals surface area contributed by atoms with E-state index in [1.165, 1.54) is 13.2 Å². The topological polar surface area (TPSA) is 87.4 Å². The Labute approximate surface area is 115 Å². The number of rotatable bonds is 5. The zero-order chi connectivity index (χ0) is 14.5. The molecule has 0 bridgehead atoms. The minimum atomic E-state index is -0.593. The van der Waals surface area contributed by atoms with Crippen LogP contribution in [-0.4, -0.2) is 28.8 Å². The summed E-state index contributed by atoms with van der Waals surface area (Å²) in [7, 11) is 1.43. The molecule has 0 aliphatic rings. The summed E-state index contributed by atoms with van der Waals surface area (Å²) in [6.45, 7) is 1.76. The number of hydrogen-bond donors (Lipinski definition) is 0. The van der Waals surface area contributed by atoms with E-state index in [1.807, 2.05) is 19.1 Å². The molecule has 2 aromatic heterocycles. The Hall–Kier alpha value is -2.54. The van der Waals surface area contributed by atoms with E-state index in [9.17, 15) is 10.1 Å². The van der Waals surface area contributed by atoms with Crippen molar-refractivity contribution in [1.82, 2.24) is 9.97 Å². The third-order valence-corrected chi connectivity index (χ3v) is 2.50. The Morgan fingerprint density at radius 3 is 2.60 bits per heavy atom. The first kappa shape index (κ1) is 13.9. The lowest BCUT2D eigenvalue weighted by atomic mass is 10.2. The molecule has 0 aliphatic heterocycles. The van der Waals surface area contributed by atoms with Crippen LogP contribution in [0.25, 0.3) is 11.4 Å². The molecule has 20 heavy (non-hydrogen) atoms. The van der Waals surface area contributed by atoms with Crippen LogP contribution in [0, 0.1) is 17.0 Å². The van der Waals surface area contributed by atoms with Gasteiger partial charge in [0.15, 0.2) is 6.79 Å². The van der Waals surface area contributed by atoms with Gasteiger partial charge in [-0.2, -0.15) is 0 Å². The van der Waals surface area contributed by atoms with Crippen molar-refractivity contribution in [2.75, 3.05) is 13.9 Å². The molecule has 7 heteroatoms. The first-order valence-corrected chi connectivity index (χ1v) is 5.83. The second kappa shape index (κ2) is 6.07. The van der Waals surface area contributed by atoms with Crippen molar-refractivity contribution in [1.29, 1.82) is 0 Å². The first-order valence-electron chi connectivity index (χ1n) is 5.83. The van der Waals surface area contributed by atoms with Crippen LogP contribution in [0.5, 0.6) is 5.75 Å². The molecule has 0 radical (unpaired) electrons. The van der Waals surface area contributed by atoms with Gasteiger partial charge in [0, 0.05) is 12.8 Å². The summed E-state index contributed by atoms with van der Waals surface area (Å²) in [5.74, 6) is -0.295. The van der Waals surface area contributed by atoms with Crippen molar-refractivity contribution < 1.29 is 14.4 Å². The molecule has 2 aromatic rings. The minimum absolute atomic E-state index is 0.0632. The maximum atomic E-state index is 11.0. The molecular formula is C13H13N3O4. The van der Waals surface area contributed by atoms with Crippen LogP contribution in [0.1, 0.15) is 5.69 Å². The largest absolute Gasteiger partial charge is 0.459 e. The van der Waals surface area contributed by atoms with E-state index in [2.05, 4.69) is 9.97 Å². The van der Waals surface area contributed by atoms with E-state index in [0.717, 1.165) is 5.69 Å². The number of hydrogen-bond acceptors (Lipinski definition) is 6. The van der Waals surface area contributed by atoms with Gasteiger partial charge in [-0.15, -0.1) is 0 Å². The summed E-state index contributed by atoms with van der Waals surface area (Å²) >= 11 is 0. The van der Waals surface area contributed by atoms with E-state index in [0.29, 0.717) is 11.4 Å². The SMILES string of the molecule is COCOc1ccc(-c2cccc(C)n2)nc1[N+](=O)[O-]. The van der Waals surface area contributed by atoms with Crippen molar-refractivity contribution in [2.45, 2.75) is 6.92 Å². The van der Waals surface area contributed by atoms with Gasteiger partial charge in [-0.1, -0.05) is 6.07 Å². The molecule has 0 saturated carbocycles. The molecule has 0 aromatic carbocycles. The summed E-state index contributed by atoms with van der Waals surface area (Å²) in [4.78, 5) is 18.7. The van der Waals surface area contributed by atoms with Crippen molar-refractivity contribution >= 4 is 5.82 Å². The van der Waals surface area contributed by atoms with E-state index < -0.39 is 4.92 Å². The summed E-state index contributed by atoms with van der Waals surface area (Å²) in [6.07, 6.45) is 0. The monoisotopic (exact) mass is 275 g/mol. The quantitative estimate of drug-likeness (QED) is 0.473. The summed E-state index contributed by atoms with van der Waals surface area (Å²) in [5.41, 5.74) is 1.81. The van der Waals surface area contributed by atoms with Gasteiger partial charge in [-0.3, -0.25) is 0 Å². The predicted molar refractivity (Wildman–Crippen MR) is 71.4 cm³/mol. The van der Waals surface area contributed by atoms with Crippen molar-refractivity contribution in [3.05, 3.63) is 46.1 Å². The van der Waals surface area contributed by atoms with Crippen molar-refractivity contribution in [2.24, 2.45) is 0 Å². The van der Waals surface area contributed by atoms with Crippen LogP contribution >= 0.6 is 0 Å². The fourth-order valence-corrected chi connectivity index (χ4v) is 1.63. The fraction of sp³-hybridized carbons (Fsp3) is 0.231. The molecule has 0 amide bonds. The maximum absolute atomic E-state index is 11.0. The molecule has 0 spiro atoms. The average molecular weight is 275 g/mol. The third-order valence-electron chi connectivity index (χ3n) is 2.50. The molecule has 0 saturated heterocycles. The molecule has 0 unspecified atom stereocenters. The van der Waals surface area contributed by atoms with Gasteiger partial charge in [0.05, 0.1) is 0 Å². The number of ether oxygens (including phenoxy) is 2. The van der Waals surface area contributed by atoms with Gasteiger partial charge in [0.25, 0.3) is 0 Å². The zero-order valence-corrected chi connectivity index (χ0v) is 11.1. The van der Waals surface area contributed by atoms with Gasteiger partial charge in [-0.05, 0) is 41.1 Å². The Balaban J connectivity index is 2.42. The highest BCUT2D eigenvalue weighted by Gasteiger charge is 2.20. The predicted octanol–water partition coefficient (Wildman–Crippen LogP) is 2.34. The summed E-state index contributed by atoms with van der Waals surface area (Å²) < 4.78 is 9.84. The maximum Gasteiger partial charge on any atom is 0.406 e. The number of nitrogens with zero attached hydrogens (tertiary/aromatic N) is 3. The molecule has 0 N–H and O–H groups in total. The highest BCUT2D eigenvalue weighted by Crippen LogP contribution is 2.28. The number of methoxy groups -OCH3 is 1. The van der Waals surface area contributed by atoms with E-state index in [4.69, 9.17) is 9.47 Å². The Morgan fingerprint density at radius 2 is 1.95 bits per heavy atom. The number of nitro groups is 1. The van der Waals surface area contributed by atoms with Gasteiger partial charge < -0.3 is 19.6 Å². The van der Waals surface area contributed by atoms with Gasteiger partial charge >= 0.3 is 5.82 Å². The smallest absolute Gasteiger partial charge is 0.406 e. The minimum Gasteiger partial charge on any atom is -0.459 e. The van der Waals surface area contributed by atoms with Crippen LogP contribution in [0.15, 0.2) is 30.3 Å². The lowest BCUT2D eigenvalue weighted by molar-refractivity contribution is -0.390. The third kappa shape index (κ3) is 3.07. The Bertz CT molecular complexity index is 631. The number of aryl methyl sites for hydroxylation is 1. The van der Waals surface area contributed by atoms with Crippen molar-refractivity contribution in [3.8, 4) is 17.1 Å². The first-order chi connectivity index (χ1) is 9.61. The Kier molecular flexibility index (Phi) is 4.21. The lowest BCUT2D eigenvalue weighted by Gasteiger charge is -2.05. The second-order valence-electron chi connectivity index (χ2n) is 3.99. The lowest BCUT2D eigenvalue weighted by Crippen LogP contribution is -2.04. The Morgan fingerprint density at radius 1 is 1.20 bits per heavy atom. The van der Waals surface area contributed by atoms with Crippen LogP contribution in [0.3, 0.4) is 0 Å². The van der Waals surface area contributed by atoms with Crippen molar-refractivity contribution in [3.63, 3.8) is 0 Å². The fourth-order valence-electron chi connectivity index (χ4n) is 1.63. The molecule has 0 fully saturated rings. The highest BCUT2D eigenvalue weighted by molar-refractivity contribution is 5.58.